The van der Waals surface area contributed by atoms with Gasteiger partial charge in [-0.3, -0.25) is 4.68 Å². The van der Waals surface area contributed by atoms with E-state index in [0.717, 1.165) is 27.2 Å². The van der Waals surface area contributed by atoms with Gasteiger partial charge in [-0.1, -0.05) is 13.8 Å². The highest BCUT2D eigenvalue weighted by Gasteiger charge is 2.18. The van der Waals surface area contributed by atoms with E-state index >= 15 is 0 Å². The summed E-state index contributed by atoms with van der Waals surface area (Å²) in [4.78, 5) is 12.0. The van der Waals surface area contributed by atoms with E-state index in [1.807, 2.05) is 6.92 Å². The van der Waals surface area contributed by atoms with Crippen LogP contribution >= 0.6 is 11.3 Å². The van der Waals surface area contributed by atoms with Crippen molar-refractivity contribution in [2.24, 2.45) is 0 Å². The van der Waals surface area contributed by atoms with Gasteiger partial charge >= 0.3 is 5.97 Å². The maximum Gasteiger partial charge on any atom is 0.345 e. The number of carboxylic acids is 1. The van der Waals surface area contributed by atoms with Crippen molar-refractivity contribution in [2.75, 3.05) is 11.5 Å². The van der Waals surface area contributed by atoms with Gasteiger partial charge in [-0.25, -0.2) is 13.2 Å². The molecule has 0 radical (unpaired) electrons. The van der Waals surface area contributed by atoms with Crippen LogP contribution in [0.15, 0.2) is 6.07 Å². The Morgan fingerprint density at radius 3 is 2.70 bits per heavy atom. The van der Waals surface area contributed by atoms with E-state index in [4.69, 9.17) is 5.11 Å². The Hall–Kier alpha value is -1.41. The van der Waals surface area contributed by atoms with Crippen LogP contribution in [0, 0.1) is 0 Å². The lowest BCUT2D eigenvalue weighted by Crippen LogP contribution is -2.15. The normalized spacial score (nSPS) is 12.1. The van der Waals surface area contributed by atoms with Gasteiger partial charge in [0.05, 0.1) is 18.0 Å². The van der Waals surface area contributed by atoms with E-state index in [0.29, 0.717) is 6.42 Å². The zero-order valence-corrected chi connectivity index (χ0v) is 12.9. The van der Waals surface area contributed by atoms with E-state index in [1.165, 1.54) is 0 Å². The molecular weight excluding hydrogens is 300 g/mol. The average Bonchev–Trinajstić information content (AvgIpc) is 2.95. The molecule has 0 saturated carbocycles. The summed E-state index contributed by atoms with van der Waals surface area (Å²) < 4.78 is 24.7. The third kappa shape index (κ3) is 2.85. The Bertz CT molecular complexity index is 743. The smallest absolute Gasteiger partial charge is 0.345 e. The van der Waals surface area contributed by atoms with Crippen LogP contribution in [-0.4, -0.2) is 40.8 Å². The quantitative estimate of drug-likeness (QED) is 0.877. The van der Waals surface area contributed by atoms with Crippen molar-refractivity contribution in [3.63, 3.8) is 0 Å². The summed E-state index contributed by atoms with van der Waals surface area (Å²) in [7, 11) is -3.07. The van der Waals surface area contributed by atoms with Crippen molar-refractivity contribution in [1.29, 1.82) is 0 Å². The molecule has 0 atom stereocenters. The summed E-state index contributed by atoms with van der Waals surface area (Å²) in [6.07, 6.45) is 0.680. The van der Waals surface area contributed by atoms with Crippen molar-refractivity contribution in [3.8, 4) is 0 Å². The van der Waals surface area contributed by atoms with Gasteiger partial charge in [0.25, 0.3) is 0 Å². The average molecular weight is 316 g/mol. The maximum atomic E-state index is 11.6. The number of carboxylic acid groups (broad SMARTS) is 1. The molecule has 0 aliphatic heterocycles. The fraction of sp³-hybridized carbons (Fsp3) is 0.500. The zero-order valence-electron chi connectivity index (χ0n) is 11.3. The molecule has 0 amide bonds. The topological polar surface area (TPSA) is 89.3 Å². The van der Waals surface area contributed by atoms with Gasteiger partial charge in [0, 0.05) is 11.1 Å². The Morgan fingerprint density at radius 2 is 2.15 bits per heavy atom. The number of aromatic nitrogens is 2. The molecule has 0 aliphatic rings. The van der Waals surface area contributed by atoms with Crippen LogP contribution in [0.3, 0.4) is 0 Å². The van der Waals surface area contributed by atoms with Crippen molar-refractivity contribution >= 4 is 37.4 Å². The van der Waals surface area contributed by atoms with Crippen molar-refractivity contribution in [1.82, 2.24) is 9.78 Å². The molecule has 110 valence electrons. The van der Waals surface area contributed by atoms with Gasteiger partial charge in [-0.2, -0.15) is 5.10 Å². The molecule has 2 aromatic rings. The first-order chi connectivity index (χ1) is 9.38. The van der Waals surface area contributed by atoms with Gasteiger partial charge < -0.3 is 5.11 Å². The lowest BCUT2D eigenvalue weighted by atomic mass is 10.2. The standard InChI is InChI=1S/C12H16N2O4S2/c1-3-9-8-7-10(12(15)16)19-11(8)14(13-9)5-6-20(17,18)4-2/h7H,3-6H2,1-2H3,(H,15,16). The third-order valence-corrected chi connectivity index (χ3v) is 5.92. The van der Waals surface area contributed by atoms with Gasteiger partial charge in [0.1, 0.15) is 9.71 Å². The highest BCUT2D eigenvalue weighted by atomic mass is 32.2. The summed E-state index contributed by atoms with van der Waals surface area (Å²) in [5.41, 5.74) is 0.803. The van der Waals surface area contributed by atoms with Crippen molar-refractivity contribution in [3.05, 3.63) is 16.6 Å². The van der Waals surface area contributed by atoms with Crippen LogP contribution in [0.5, 0.6) is 0 Å². The third-order valence-electron chi connectivity index (χ3n) is 3.10. The number of aromatic carboxylic acids is 1. The molecule has 8 heteroatoms. The molecule has 0 fully saturated rings. The zero-order chi connectivity index (χ0) is 14.9. The molecule has 1 N–H and O–H groups in total. The van der Waals surface area contributed by atoms with E-state index < -0.39 is 15.8 Å². The Labute approximate surface area is 120 Å². The highest BCUT2D eigenvalue weighted by Crippen LogP contribution is 2.29. The van der Waals surface area contributed by atoms with E-state index in [-0.39, 0.29) is 22.9 Å². The lowest BCUT2D eigenvalue weighted by molar-refractivity contribution is 0.0702. The van der Waals surface area contributed by atoms with Crippen molar-refractivity contribution < 1.29 is 18.3 Å². The number of thiophene rings is 1. The van der Waals surface area contributed by atoms with Crippen LogP contribution in [0.25, 0.3) is 10.2 Å². The lowest BCUT2D eigenvalue weighted by Gasteiger charge is -2.02. The van der Waals surface area contributed by atoms with Gasteiger partial charge in [0.2, 0.25) is 0 Å². The fourth-order valence-electron chi connectivity index (χ4n) is 1.91. The van der Waals surface area contributed by atoms with E-state index in [9.17, 15) is 13.2 Å². The second-order valence-electron chi connectivity index (χ2n) is 4.39. The summed E-state index contributed by atoms with van der Waals surface area (Å²) in [5.74, 6) is -0.854. The monoisotopic (exact) mass is 316 g/mol. The molecule has 0 unspecified atom stereocenters. The minimum atomic E-state index is -3.07. The van der Waals surface area contributed by atoms with Crippen LogP contribution in [0.4, 0.5) is 0 Å². The number of sulfone groups is 1. The number of fused-ring (bicyclic) bond motifs is 1. The SMILES string of the molecule is CCc1nn(CCS(=O)(=O)CC)c2sc(C(=O)O)cc12. The molecule has 20 heavy (non-hydrogen) atoms. The number of hydrogen-bond donors (Lipinski definition) is 1. The maximum absolute atomic E-state index is 11.6. The Balaban J connectivity index is 2.40. The minimum Gasteiger partial charge on any atom is -0.477 e. The summed E-state index contributed by atoms with van der Waals surface area (Å²) >= 11 is 1.13. The molecule has 2 aromatic heterocycles. The Kier molecular flexibility index (Phi) is 4.14. The predicted octanol–water partition coefficient (Wildman–Crippen LogP) is 1.79. The minimum absolute atomic E-state index is 0.0176. The van der Waals surface area contributed by atoms with Crippen LogP contribution in [0.1, 0.15) is 29.2 Å². The van der Waals surface area contributed by atoms with Gasteiger partial charge in [0.15, 0.2) is 9.84 Å². The summed E-state index contributed by atoms with van der Waals surface area (Å²) in [5, 5.41) is 14.2. The molecule has 0 aliphatic carbocycles. The first-order valence-corrected chi connectivity index (χ1v) is 8.94. The number of carbonyl (C=O) groups is 1. The number of rotatable bonds is 6. The molecule has 2 rings (SSSR count). The molecule has 6 nitrogen and oxygen atoms in total. The Morgan fingerprint density at radius 1 is 1.45 bits per heavy atom. The molecule has 2 heterocycles. The van der Waals surface area contributed by atoms with Crippen molar-refractivity contribution in [2.45, 2.75) is 26.8 Å². The van der Waals surface area contributed by atoms with E-state index in [2.05, 4.69) is 5.10 Å². The number of nitrogens with zero attached hydrogens (tertiary/aromatic N) is 2. The first kappa shape index (κ1) is 15.0. The molecular formula is C12H16N2O4S2. The molecule has 0 spiro atoms. The molecule has 0 bridgehead atoms. The molecule has 0 aromatic carbocycles. The highest BCUT2D eigenvalue weighted by molar-refractivity contribution is 7.91. The summed E-state index contributed by atoms with van der Waals surface area (Å²) in [6.45, 7) is 3.80. The fourth-order valence-corrected chi connectivity index (χ4v) is 3.65. The summed E-state index contributed by atoms with van der Waals surface area (Å²) in [6, 6.07) is 1.61. The van der Waals surface area contributed by atoms with E-state index in [1.54, 1.807) is 17.7 Å². The molecule has 0 saturated heterocycles. The van der Waals surface area contributed by atoms with Crippen LogP contribution < -0.4 is 0 Å². The number of aryl methyl sites for hydroxylation is 2. The first-order valence-electron chi connectivity index (χ1n) is 6.31. The predicted molar refractivity (Wildman–Crippen MR) is 78.3 cm³/mol. The van der Waals surface area contributed by atoms with Crippen LogP contribution in [-0.2, 0) is 22.8 Å². The second kappa shape index (κ2) is 5.53. The largest absolute Gasteiger partial charge is 0.477 e. The van der Waals surface area contributed by atoms with Gasteiger partial charge in [-0.05, 0) is 12.5 Å². The van der Waals surface area contributed by atoms with Crippen LogP contribution in [0.2, 0.25) is 0 Å². The second-order valence-corrected chi connectivity index (χ2v) is 7.90. The van der Waals surface area contributed by atoms with Gasteiger partial charge in [-0.15, -0.1) is 11.3 Å². The number of hydrogen-bond acceptors (Lipinski definition) is 5.